The standard InChI is InChI=1S/C19H29N7O2/c1-12(2)26-11-14(27)10-15(26)18-21-20-17-5-6-24(7-8-25(17)18)19(28)16-9-13(3)22-23(16)4/h9,12,14-15,27H,5-8,10-11H2,1-4H3/t14-,15+/m1/s1. The number of likely N-dealkylation sites (tertiary alicyclic amines) is 1. The van der Waals surface area contributed by atoms with E-state index in [2.05, 4.69) is 38.6 Å². The van der Waals surface area contributed by atoms with Crippen molar-refractivity contribution in [2.75, 3.05) is 19.6 Å². The van der Waals surface area contributed by atoms with Crippen molar-refractivity contribution in [3.8, 4) is 0 Å². The molecule has 0 aliphatic carbocycles. The molecule has 0 bridgehead atoms. The highest BCUT2D eigenvalue weighted by Crippen LogP contribution is 2.33. The molecule has 9 nitrogen and oxygen atoms in total. The maximum Gasteiger partial charge on any atom is 0.272 e. The van der Waals surface area contributed by atoms with E-state index in [0.29, 0.717) is 50.8 Å². The van der Waals surface area contributed by atoms with Crippen LogP contribution in [0.4, 0.5) is 0 Å². The number of aromatic nitrogens is 5. The molecule has 1 saturated heterocycles. The summed E-state index contributed by atoms with van der Waals surface area (Å²) in [4.78, 5) is 17.1. The molecular formula is C19H29N7O2. The molecule has 4 heterocycles. The number of nitrogens with zero attached hydrogens (tertiary/aromatic N) is 7. The Bertz CT molecular complexity index is 872. The zero-order chi connectivity index (χ0) is 20.0. The van der Waals surface area contributed by atoms with Crippen LogP contribution in [-0.4, -0.2) is 77.1 Å². The van der Waals surface area contributed by atoms with Crippen LogP contribution in [0.2, 0.25) is 0 Å². The summed E-state index contributed by atoms with van der Waals surface area (Å²) in [7, 11) is 1.80. The van der Waals surface area contributed by atoms with E-state index in [1.54, 1.807) is 11.7 Å². The van der Waals surface area contributed by atoms with Gasteiger partial charge in [-0.2, -0.15) is 5.10 Å². The number of amides is 1. The minimum absolute atomic E-state index is 0.00320. The van der Waals surface area contributed by atoms with E-state index in [1.165, 1.54) is 0 Å². The van der Waals surface area contributed by atoms with Crippen LogP contribution in [0.5, 0.6) is 0 Å². The first-order valence-corrected chi connectivity index (χ1v) is 10.0. The number of aryl methyl sites for hydroxylation is 2. The van der Waals surface area contributed by atoms with Crippen molar-refractivity contribution in [2.24, 2.45) is 7.05 Å². The summed E-state index contributed by atoms with van der Waals surface area (Å²) in [5.41, 5.74) is 1.45. The molecule has 2 aliphatic heterocycles. The molecule has 0 radical (unpaired) electrons. The van der Waals surface area contributed by atoms with Crippen LogP contribution in [0, 0.1) is 6.92 Å². The number of carbonyl (C=O) groups is 1. The Morgan fingerprint density at radius 3 is 2.71 bits per heavy atom. The van der Waals surface area contributed by atoms with Crippen molar-refractivity contribution in [1.82, 2.24) is 34.3 Å². The maximum atomic E-state index is 13.0. The summed E-state index contributed by atoms with van der Waals surface area (Å²) in [5.74, 6) is 1.82. The van der Waals surface area contributed by atoms with Crippen molar-refractivity contribution < 1.29 is 9.90 Å². The molecule has 2 aromatic rings. The van der Waals surface area contributed by atoms with Gasteiger partial charge in [-0.15, -0.1) is 10.2 Å². The number of rotatable bonds is 3. The predicted molar refractivity (Wildman–Crippen MR) is 103 cm³/mol. The zero-order valence-electron chi connectivity index (χ0n) is 17.0. The van der Waals surface area contributed by atoms with Crippen LogP contribution in [0.1, 0.15) is 54.1 Å². The Kier molecular flexibility index (Phi) is 4.96. The molecule has 2 aliphatic rings. The summed E-state index contributed by atoms with van der Waals surface area (Å²) in [6.45, 7) is 8.72. The van der Waals surface area contributed by atoms with Gasteiger partial charge in [-0.1, -0.05) is 0 Å². The Balaban J connectivity index is 1.54. The van der Waals surface area contributed by atoms with Crippen molar-refractivity contribution in [3.63, 3.8) is 0 Å². The molecule has 9 heteroatoms. The number of hydrogen-bond acceptors (Lipinski definition) is 6. The first-order chi connectivity index (χ1) is 13.3. The van der Waals surface area contributed by atoms with Gasteiger partial charge in [0.1, 0.15) is 11.5 Å². The molecule has 1 N–H and O–H groups in total. The fourth-order valence-electron chi connectivity index (χ4n) is 4.43. The topological polar surface area (TPSA) is 92.3 Å². The molecule has 0 spiro atoms. The van der Waals surface area contributed by atoms with Crippen LogP contribution in [0.15, 0.2) is 6.07 Å². The minimum atomic E-state index is -0.336. The number of fused-ring (bicyclic) bond motifs is 1. The first kappa shape index (κ1) is 19.1. The van der Waals surface area contributed by atoms with Gasteiger partial charge in [-0.25, -0.2) is 0 Å². The zero-order valence-corrected chi connectivity index (χ0v) is 17.0. The first-order valence-electron chi connectivity index (χ1n) is 10.0. The second-order valence-corrected chi connectivity index (χ2v) is 8.16. The summed E-state index contributed by atoms with van der Waals surface area (Å²) in [6, 6.07) is 2.23. The average molecular weight is 387 g/mol. The van der Waals surface area contributed by atoms with E-state index in [9.17, 15) is 9.90 Å². The van der Waals surface area contributed by atoms with Crippen LogP contribution >= 0.6 is 0 Å². The van der Waals surface area contributed by atoms with E-state index < -0.39 is 0 Å². The van der Waals surface area contributed by atoms with Crippen molar-refractivity contribution >= 4 is 5.91 Å². The highest BCUT2D eigenvalue weighted by molar-refractivity contribution is 5.92. The van der Waals surface area contributed by atoms with Crippen LogP contribution < -0.4 is 0 Å². The van der Waals surface area contributed by atoms with Gasteiger partial charge in [0, 0.05) is 45.7 Å². The number of aliphatic hydroxyl groups is 1. The van der Waals surface area contributed by atoms with Gasteiger partial charge < -0.3 is 14.6 Å². The van der Waals surface area contributed by atoms with Crippen LogP contribution in [0.25, 0.3) is 0 Å². The van der Waals surface area contributed by atoms with E-state index in [-0.39, 0.29) is 18.1 Å². The van der Waals surface area contributed by atoms with Crippen LogP contribution in [0.3, 0.4) is 0 Å². The van der Waals surface area contributed by atoms with Gasteiger partial charge in [0.25, 0.3) is 5.91 Å². The lowest BCUT2D eigenvalue weighted by Gasteiger charge is -2.27. The molecule has 152 valence electrons. The molecule has 0 aromatic carbocycles. The number of aliphatic hydroxyl groups excluding tert-OH is 1. The van der Waals surface area contributed by atoms with Gasteiger partial charge in [-0.05, 0) is 33.3 Å². The molecule has 4 rings (SSSR count). The maximum absolute atomic E-state index is 13.0. The SMILES string of the molecule is Cc1cc(C(=O)N2CCc3nnc([C@@H]4C[C@@H](O)CN4C(C)C)n3CC2)n(C)n1. The van der Waals surface area contributed by atoms with Crippen LogP contribution in [-0.2, 0) is 20.0 Å². The second kappa shape index (κ2) is 7.29. The second-order valence-electron chi connectivity index (χ2n) is 8.16. The van der Waals surface area contributed by atoms with E-state index in [1.807, 2.05) is 17.9 Å². The molecule has 2 atom stereocenters. The van der Waals surface area contributed by atoms with Crippen molar-refractivity contribution in [2.45, 2.75) is 58.3 Å². The molecule has 2 aromatic heterocycles. The Hall–Kier alpha value is -2.26. The van der Waals surface area contributed by atoms with Gasteiger partial charge in [0.2, 0.25) is 0 Å². The fourth-order valence-corrected chi connectivity index (χ4v) is 4.43. The lowest BCUT2D eigenvalue weighted by atomic mass is 10.1. The fraction of sp³-hybridized carbons (Fsp3) is 0.684. The number of β-amino-alcohol motifs (C(OH)–C–C–N with tert-alkyl or cyclic N) is 1. The largest absolute Gasteiger partial charge is 0.392 e. The summed E-state index contributed by atoms with van der Waals surface area (Å²) in [5, 5.41) is 23.4. The van der Waals surface area contributed by atoms with Gasteiger partial charge >= 0.3 is 0 Å². The molecular weight excluding hydrogens is 358 g/mol. The number of hydrogen-bond donors (Lipinski definition) is 1. The molecule has 28 heavy (non-hydrogen) atoms. The highest BCUT2D eigenvalue weighted by atomic mass is 16.3. The minimum Gasteiger partial charge on any atom is -0.392 e. The normalized spacial score (nSPS) is 23.3. The third kappa shape index (κ3) is 3.33. The highest BCUT2D eigenvalue weighted by Gasteiger charge is 2.37. The monoisotopic (exact) mass is 387 g/mol. The smallest absolute Gasteiger partial charge is 0.272 e. The molecule has 1 fully saturated rings. The van der Waals surface area contributed by atoms with E-state index in [0.717, 1.165) is 17.3 Å². The van der Waals surface area contributed by atoms with Crippen molar-refractivity contribution in [3.05, 3.63) is 29.1 Å². The third-order valence-corrected chi connectivity index (χ3v) is 5.84. The van der Waals surface area contributed by atoms with E-state index in [4.69, 9.17) is 0 Å². The Morgan fingerprint density at radius 2 is 2.04 bits per heavy atom. The quantitative estimate of drug-likeness (QED) is 0.826. The lowest BCUT2D eigenvalue weighted by Crippen LogP contribution is -2.35. The van der Waals surface area contributed by atoms with Gasteiger partial charge in [-0.3, -0.25) is 14.4 Å². The van der Waals surface area contributed by atoms with Crippen molar-refractivity contribution in [1.29, 1.82) is 0 Å². The summed E-state index contributed by atoms with van der Waals surface area (Å²) < 4.78 is 3.80. The summed E-state index contributed by atoms with van der Waals surface area (Å²) >= 11 is 0. The Morgan fingerprint density at radius 1 is 1.25 bits per heavy atom. The third-order valence-electron chi connectivity index (χ3n) is 5.84. The Labute approximate surface area is 164 Å². The predicted octanol–water partition coefficient (Wildman–Crippen LogP) is 0.535. The van der Waals surface area contributed by atoms with Gasteiger partial charge in [0.15, 0.2) is 5.82 Å². The lowest BCUT2D eigenvalue weighted by molar-refractivity contribution is 0.0747. The van der Waals surface area contributed by atoms with E-state index >= 15 is 0 Å². The number of carbonyl (C=O) groups excluding carboxylic acids is 1. The molecule has 1 amide bonds. The molecule has 0 unspecified atom stereocenters. The summed E-state index contributed by atoms with van der Waals surface area (Å²) in [6.07, 6.45) is 1.01. The molecule has 0 saturated carbocycles. The average Bonchev–Trinajstić information content (AvgIpc) is 3.27. The van der Waals surface area contributed by atoms with Gasteiger partial charge in [0.05, 0.1) is 17.8 Å².